The highest BCUT2D eigenvalue weighted by Gasteiger charge is 2.49. The van der Waals surface area contributed by atoms with E-state index in [-0.39, 0.29) is 47.0 Å². The Morgan fingerprint density at radius 1 is 1.13 bits per heavy atom. The van der Waals surface area contributed by atoms with Crippen molar-refractivity contribution in [3.05, 3.63) is 92.2 Å². The van der Waals surface area contributed by atoms with E-state index in [0.29, 0.717) is 22.5 Å². The predicted molar refractivity (Wildman–Crippen MR) is 157 cm³/mol. The second-order valence-electron chi connectivity index (χ2n) is 10.9. The number of ether oxygens (including phenoxy) is 4. The normalized spacial score (nSPS) is 23.2. The van der Waals surface area contributed by atoms with Crippen LogP contribution >= 0.6 is 11.3 Å². The fourth-order valence-corrected chi connectivity index (χ4v) is 7.51. The van der Waals surface area contributed by atoms with E-state index in [2.05, 4.69) is 4.74 Å². The molecule has 47 heavy (non-hydrogen) atoms. The molecule has 4 atom stereocenters. The molecule has 0 N–H and O–H groups in total. The number of thiophene rings is 1. The molecule has 4 aliphatic rings. The van der Waals surface area contributed by atoms with Gasteiger partial charge in [-0.15, -0.1) is 11.3 Å². The van der Waals surface area contributed by atoms with Crippen LogP contribution in [0.3, 0.4) is 0 Å². The molecule has 246 valence electrons. The Kier molecular flexibility index (Phi) is 7.58. The van der Waals surface area contributed by atoms with Crippen molar-refractivity contribution in [1.82, 2.24) is 9.58 Å². The Hall–Kier alpha value is -4.70. The zero-order valence-electron chi connectivity index (χ0n) is 24.3. The zero-order chi connectivity index (χ0) is 33.2. The number of halogens is 5. The standard InChI is InChI=1S/C31H24F5N3O7S/c1-43-30(42)46-14-45-27-20(40)8-9-38-26(27)29(41)37-10-11-44-13-22(37)39(38)25-15-4-2-3-5-16(15)28-18(12-21(47-28)31(34,35)36)23-17(25)6-7-19(32)24(23)33/h2-9,12,19,22,24-25H,10-11,13-14H2,1H3. The van der Waals surface area contributed by atoms with Gasteiger partial charge in [-0.2, -0.15) is 13.2 Å². The molecule has 2 aliphatic carbocycles. The second-order valence-corrected chi connectivity index (χ2v) is 12.0. The number of allylic oxidation sites excluding steroid dienone is 2. The third-order valence-electron chi connectivity index (χ3n) is 8.39. The maximum atomic E-state index is 16.1. The lowest BCUT2D eigenvalue weighted by Gasteiger charge is -2.52. The van der Waals surface area contributed by atoms with Crippen LogP contribution in [0.4, 0.5) is 26.7 Å². The summed E-state index contributed by atoms with van der Waals surface area (Å²) in [5.74, 6) is -1.07. The van der Waals surface area contributed by atoms with Crippen molar-refractivity contribution < 1.29 is 50.5 Å². The van der Waals surface area contributed by atoms with Gasteiger partial charge < -0.3 is 23.8 Å². The van der Waals surface area contributed by atoms with Crippen LogP contribution in [0.2, 0.25) is 0 Å². The predicted octanol–water partition coefficient (Wildman–Crippen LogP) is 5.22. The van der Waals surface area contributed by atoms with Crippen molar-refractivity contribution in [2.45, 2.75) is 30.7 Å². The zero-order valence-corrected chi connectivity index (χ0v) is 25.1. The number of aromatic nitrogens is 1. The highest BCUT2D eigenvalue weighted by Crippen LogP contribution is 2.54. The van der Waals surface area contributed by atoms with Gasteiger partial charge in [-0.3, -0.25) is 19.3 Å². The first-order chi connectivity index (χ1) is 22.5. The van der Waals surface area contributed by atoms with Gasteiger partial charge >= 0.3 is 12.3 Å². The SMILES string of the molecule is COC(=O)OCOc1c2n(ccc1=O)N(C1C3=C(c4cc(C(F)(F)F)sc4-c4ccccc41)C(F)C(F)C=C3)C1COCCN1C2=O. The van der Waals surface area contributed by atoms with E-state index < -0.39 is 65.6 Å². The Balaban J connectivity index is 1.49. The number of methoxy groups -OCH3 is 1. The molecule has 2 aliphatic heterocycles. The van der Waals surface area contributed by atoms with Crippen LogP contribution in [0, 0.1) is 0 Å². The lowest BCUT2D eigenvalue weighted by molar-refractivity contribution is -0.134. The molecule has 0 saturated carbocycles. The minimum atomic E-state index is -4.73. The van der Waals surface area contributed by atoms with Gasteiger partial charge in [-0.25, -0.2) is 13.6 Å². The number of fused-ring (bicyclic) bond motifs is 6. The van der Waals surface area contributed by atoms with Crippen LogP contribution in [0.5, 0.6) is 5.75 Å². The van der Waals surface area contributed by atoms with Crippen molar-refractivity contribution in [1.29, 1.82) is 0 Å². The number of morpholine rings is 1. The van der Waals surface area contributed by atoms with Crippen molar-refractivity contribution in [2.24, 2.45) is 0 Å². The molecule has 3 aromatic rings. The van der Waals surface area contributed by atoms with Gasteiger partial charge in [0.25, 0.3) is 5.91 Å². The number of rotatable bonds is 4. The first kappa shape index (κ1) is 30.9. The van der Waals surface area contributed by atoms with E-state index >= 15 is 8.78 Å². The van der Waals surface area contributed by atoms with E-state index in [4.69, 9.17) is 14.2 Å². The number of carbonyl (C=O) groups is 2. The summed E-state index contributed by atoms with van der Waals surface area (Å²) in [5.41, 5.74) is -0.357. The van der Waals surface area contributed by atoms with Crippen molar-refractivity contribution >= 4 is 29.0 Å². The van der Waals surface area contributed by atoms with Gasteiger partial charge in [-0.05, 0) is 28.8 Å². The van der Waals surface area contributed by atoms with E-state index in [1.165, 1.54) is 21.8 Å². The quantitative estimate of drug-likeness (QED) is 0.211. The molecule has 2 aromatic heterocycles. The van der Waals surface area contributed by atoms with Crippen LogP contribution in [0.1, 0.15) is 32.5 Å². The van der Waals surface area contributed by atoms with Gasteiger partial charge in [0.05, 0.1) is 26.4 Å². The molecule has 1 saturated heterocycles. The molecule has 4 unspecified atom stereocenters. The monoisotopic (exact) mass is 677 g/mol. The number of nitrogens with zero attached hydrogens (tertiary/aromatic N) is 3. The second kappa shape index (κ2) is 11.5. The fourth-order valence-electron chi connectivity index (χ4n) is 6.42. The summed E-state index contributed by atoms with van der Waals surface area (Å²) in [6.45, 7) is -0.573. The van der Waals surface area contributed by atoms with Crippen LogP contribution in [0.25, 0.3) is 16.0 Å². The summed E-state index contributed by atoms with van der Waals surface area (Å²) in [5, 5.41) is 1.65. The topological polar surface area (TPSA) is 99.5 Å². The highest BCUT2D eigenvalue weighted by molar-refractivity contribution is 7.16. The van der Waals surface area contributed by atoms with Gasteiger partial charge in [0.2, 0.25) is 18.0 Å². The largest absolute Gasteiger partial charge is 0.510 e. The van der Waals surface area contributed by atoms with E-state index in [1.54, 1.807) is 29.3 Å². The lowest BCUT2D eigenvalue weighted by atomic mass is 9.85. The average Bonchev–Trinajstić information content (AvgIpc) is 3.47. The summed E-state index contributed by atoms with van der Waals surface area (Å²) < 4.78 is 95.0. The van der Waals surface area contributed by atoms with Crippen molar-refractivity contribution in [2.75, 3.05) is 38.7 Å². The third kappa shape index (κ3) is 4.97. The van der Waals surface area contributed by atoms with E-state index in [9.17, 15) is 27.6 Å². The van der Waals surface area contributed by atoms with Crippen molar-refractivity contribution in [3.63, 3.8) is 0 Å². The highest BCUT2D eigenvalue weighted by atomic mass is 32.1. The average molecular weight is 678 g/mol. The number of amides is 1. The van der Waals surface area contributed by atoms with Crippen LogP contribution in [0.15, 0.2) is 65.1 Å². The summed E-state index contributed by atoms with van der Waals surface area (Å²) in [6, 6.07) is 7.50. The number of pyridine rings is 1. The van der Waals surface area contributed by atoms with E-state index in [1.807, 2.05) is 0 Å². The number of hydrogen-bond donors (Lipinski definition) is 0. The molecule has 1 aromatic carbocycles. The molecule has 0 bridgehead atoms. The van der Waals surface area contributed by atoms with Gasteiger partial charge in [0.15, 0.2) is 18.0 Å². The molecule has 0 radical (unpaired) electrons. The Morgan fingerprint density at radius 2 is 1.91 bits per heavy atom. The molecule has 1 amide bonds. The molecule has 7 rings (SSSR count). The summed E-state index contributed by atoms with van der Waals surface area (Å²) in [4.78, 5) is 39.2. The number of alkyl halides is 5. The maximum absolute atomic E-state index is 16.1. The lowest BCUT2D eigenvalue weighted by Crippen LogP contribution is -2.66. The van der Waals surface area contributed by atoms with Crippen LogP contribution in [-0.4, -0.2) is 73.8 Å². The molecular formula is C31H24F5N3O7S. The minimum Gasteiger partial charge on any atom is -0.451 e. The number of hydrogen-bond acceptors (Lipinski definition) is 9. The Bertz CT molecular complexity index is 1900. The molecule has 0 spiro atoms. The first-order valence-corrected chi connectivity index (χ1v) is 15.1. The first-order valence-electron chi connectivity index (χ1n) is 14.3. The van der Waals surface area contributed by atoms with E-state index in [0.717, 1.165) is 25.3 Å². The molecule has 4 heterocycles. The molecule has 10 nitrogen and oxygen atoms in total. The van der Waals surface area contributed by atoms with Crippen LogP contribution in [-0.2, 0) is 20.4 Å². The minimum absolute atomic E-state index is 0.0330. The number of carbonyl (C=O) groups excluding carboxylic acids is 2. The van der Waals surface area contributed by atoms with Crippen LogP contribution < -0.4 is 15.2 Å². The Morgan fingerprint density at radius 3 is 2.68 bits per heavy atom. The molecular weight excluding hydrogens is 653 g/mol. The summed E-state index contributed by atoms with van der Waals surface area (Å²) >= 11 is 0.432. The smallest absolute Gasteiger partial charge is 0.451 e. The Labute approximate surface area is 266 Å². The third-order valence-corrected chi connectivity index (χ3v) is 9.60. The summed E-state index contributed by atoms with van der Waals surface area (Å²) in [7, 11) is 1.07. The summed E-state index contributed by atoms with van der Waals surface area (Å²) in [6.07, 6.45) is -7.46. The fraction of sp³-hybridized carbons (Fsp3) is 0.323. The maximum Gasteiger partial charge on any atom is 0.510 e. The van der Waals surface area contributed by atoms with Gasteiger partial charge in [0.1, 0.15) is 11.0 Å². The van der Waals surface area contributed by atoms with Crippen molar-refractivity contribution in [3.8, 4) is 16.2 Å². The number of benzene rings is 1. The molecule has 16 heteroatoms. The van der Waals surface area contributed by atoms with Gasteiger partial charge in [-0.1, -0.05) is 30.3 Å². The molecule has 1 fully saturated rings. The van der Waals surface area contributed by atoms with Gasteiger partial charge in [0, 0.05) is 34.8 Å².